The zero-order valence-electron chi connectivity index (χ0n) is 31.1. The van der Waals surface area contributed by atoms with Crippen molar-refractivity contribution >= 4 is 17.7 Å². The van der Waals surface area contributed by atoms with Gasteiger partial charge in [0, 0.05) is 33.5 Å². The van der Waals surface area contributed by atoms with Crippen LogP contribution >= 0.6 is 0 Å². The molecule has 3 amide bonds. The second-order valence-electron chi connectivity index (χ2n) is 12.8. The van der Waals surface area contributed by atoms with Crippen molar-refractivity contribution in [3.8, 4) is 0 Å². The number of carbonyl (C=O) groups is 3. The van der Waals surface area contributed by atoms with E-state index in [1.165, 1.54) is 14.0 Å². The van der Waals surface area contributed by atoms with Gasteiger partial charge in [-0.1, -0.05) is 0 Å². The molecular weight excluding hydrogens is 746 g/mol. The molecule has 23 heteroatoms. The van der Waals surface area contributed by atoms with Crippen LogP contribution in [0.3, 0.4) is 0 Å². The van der Waals surface area contributed by atoms with Crippen LogP contribution in [-0.2, 0) is 52.3 Å². The van der Waals surface area contributed by atoms with Gasteiger partial charge in [0.1, 0.15) is 67.6 Å². The molecule has 0 aromatic heterocycles. The molecule has 2 aliphatic heterocycles. The molecule has 23 nitrogen and oxygen atoms in total. The summed E-state index contributed by atoms with van der Waals surface area (Å²) in [6.07, 6.45) is -20.7. The first kappa shape index (κ1) is 48.9. The van der Waals surface area contributed by atoms with Crippen molar-refractivity contribution in [2.75, 3.05) is 73.1 Å². The molecule has 2 heterocycles. The fourth-order valence-corrected chi connectivity index (χ4v) is 5.48. The van der Waals surface area contributed by atoms with Gasteiger partial charge in [-0.3, -0.25) is 14.4 Å². The smallest absolute Gasteiger partial charge is 0.246 e. The molecule has 55 heavy (non-hydrogen) atoms. The number of aliphatic hydroxyl groups excluding tert-OH is 9. The molecular formula is C32H59N3O20. The number of hydrogen-bond acceptors (Lipinski definition) is 20. The van der Waals surface area contributed by atoms with Crippen molar-refractivity contribution in [3.63, 3.8) is 0 Å². The Morgan fingerprint density at radius 2 is 1.47 bits per heavy atom. The fourth-order valence-electron chi connectivity index (χ4n) is 5.48. The minimum atomic E-state index is -1.97. The van der Waals surface area contributed by atoms with Gasteiger partial charge in [-0.15, -0.1) is 0 Å². The van der Waals surface area contributed by atoms with E-state index in [-0.39, 0.29) is 64.2 Å². The maximum atomic E-state index is 12.1. The molecule has 2 fully saturated rings. The molecule has 0 spiro atoms. The van der Waals surface area contributed by atoms with E-state index in [4.69, 9.17) is 37.9 Å². The molecule has 12 unspecified atom stereocenters. The van der Waals surface area contributed by atoms with Gasteiger partial charge in [0.2, 0.25) is 17.7 Å². The minimum Gasteiger partial charge on any atom is -0.394 e. The Hall–Kier alpha value is -2.27. The number of rotatable bonds is 26. The third-order valence-electron chi connectivity index (χ3n) is 8.40. The Labute approximate surface area is 317 Å². The first-order valence-corrected chi connectivity index (χ1v) is 17.8. The van der Waals surface area contributed by atoms with Crippen LogP contribution in [0.4, 0.5) is 0 Å². The predicted octanol–water partition coefficient (Wildman–Crippen LogP) is -7.09. The Kier molecular flexibility index (Phi) is 23.0. The van der Waals surface area contributed by atoms with Crippen LogP contribution in [-0.4, -0.2) is 223 Å². The number of nitrogens with one attached hydrogen (secondary N) is 3. The number of aliphatic hydroxyl groups is 9. The molecule has 0 aromatic carbocycles. The van der Waals surface area contributed by atoms with E-state index in [9.17, 15) is 60.3 Å². The third kappa shape index (κ3) is 15.9. The number of ether oxygens (including phenoxy) is 8. The second kappa shape index (κ2) is 25.9. The van der Waals surface area contributed by atoms with Crippen molar-refractivity contribution in [2.45, 2.75) is 113 Å². The highest BCUT2D eigenvalue weighted by molar-refractivity contribution is 5.77. The van der Waals surface area contributed by atoms with Crippen LogP contribution in [0, 0.1) is 0 Å². The van der Waals surface area contributed by atoms with E-state index in [2.05, 4.69) is 16.0 Å². The highest BCUT2D eigenvalue weighted by Crippen LogP contribution is 2.31. The topological polar surface area (TPSA) is 343 Å². The van der Waals surface area contributed by atoms with Crippen molar-refractivity contribution in [1.82, 2.24) is 16.0 Å². The van der Waals surface area contributed by atoms with Crippen LogP contribution in [0.15, 0.2) is 0 Å². The number of carbonyl (C=O) groups excluding carboxylic acids is 3. The van der Waals surface area contributed by atoms with Crippen molar-refractivity contribution in [3.05, 3.63) is 0 Å². The lowest BCUT2D eigenvalue weighted by Gasteiger charge is -2.48. The lowest BCUT2D eigenvalue weighted by Crippen LogP contribution is -2.68. The normalized spacial score (nSPS) is 30.5. The zero-order valence-corrected chi connectivity index (χ0v) is 31.1. The van der Waals surface area contributed by atoms with Crippen LogP contribution < -0.4 is 16.0 Å². The van der Waals surface area contributed by atoms with Gasteiger partial charge in [0.05, 0.1) is 52.4 Å². The van der Waals surface area contributed by atoms with Crippen molar-refractivity contribution < 1.29 is 98.2 Å². The number of methoxy groups -OCH3 is 1. The predicted molar refractivity (Wildman–Crippen MR) is 181 cm³/mol. The number of hydrogen-bond donors (Lipinski definition) is 12. The highest BCUT2D eigenvalue weighted by Gasteiger charge is 2.52. The molecule has 0 saturated carbocycles. The van der Waals surface area contributed by atoms with Crippen LogP contribution in [0.5, 0.6) is 0 Å². The summed E-state index contributed by atoms with van der Waals surface area (Å²) in [6, 6.07) is -1.31. The van der Waals surface area contributed by atoms with Crippen LogP contribution in [0.25, 0.3) is 0 Å². The van der Waals surface area contributed by atoms with Crippen LogP contribution in [0.1, 0.15) is 26.7 Å². The lowest BCUT2D eigenvalue weighted by atomic mass is 9.95. The SMILES string of the molecule is COCC(=O)NCCOCCC(=O)NCCCOC1OC(CO)C(OC2OC(CO)C(O)C(OC(OC(CO)[C@@H](C)O)[C@@H](O)CO)C2O)C(O)C1NC(C)=O. The van der Waals surface area contributed by atoms with Gasteiger partial charge in [0.15, 0.2) is 18.9 Å². The largest absolute Gasteiger partial charge is 0.394 e. The summed E-state index contributed by atoms with van der Waals surface area (Å²) in [5.74, 6) is -1.20. The summed E-state index contributed by atoms with van der Waals surface area (Å²) in [5.41, 5.74) is 0. The van der Waals surface area contributed by atoms with E-state index >= 15 is 0 Å². The first-order valence-electron chi connectivity index (χ1n) is 17.8. The summed E-state index contributed by atoms with van der Waals surface area (Å²) in [7, 11) is 1.40. The summed E-state index contributed by atoms with van der Waals surface area (Å²) < 4.78 is 44.0. The quantitative estimate of drug-likeness (QED) is 0.0285. The number of amides is 3. The summed E-state index contributed by atoms with van der Waals surface area (Å²) in [4.78, 5) is 35.6. The summed E-state index contributed by atoms with van der Waals surface area (Å²) in [6.45, 7) is -0.214. The van der Waals surface area contributed by atoms with Gasteiger partial charge in [-0.05, 0) is 13.3 Å². The zero-order chi connectivity index (χ0) is 41.1. The van der Waals surface area contributed by atoms with Crippen molar-refractivity contribution in [2.24, 2.45) is 0 Å². The Bertz CT molecular complexity index is 1110. The van der Waals surface area contributed by atoms with E-state index in [0.717, 1.165) is 6.92 Å². The standard InChI is InChI=1S/C32H59N3O20/c1-16(40)19(12-37)51-30(18(42)11-36)55-29-25(45)20(13-38)52-32(27(29)47)54-28-21(14-39)53-31(24(26(28)46)35-17(2)41)50-8-4-6-33-22(43)5-9-49-10-7-34-23(44)15-48-3/h16,18-21,24-32,36-40,42,45-47H,4-15H2,1-3H3,(H,33,43)(H,34,44)(H,35,41)/t16-,18+,19?,20?,21?,24?,25?,26?,27?,28?,29?,30?,31?,32?/m1/s1. The maximum absolute atomic E-state index is 12.1. The van der Waals surface area contributed by atoms with E-state index in [1.54, 1.807) is 0 Å². The van der Waals surface area contributed by atoms with E-state index in [1.807, 2.05) is 0 Å². The molecule has 12 N–H and O–H groups in total. The van der Waals surface area contributed by atoms with Crippen LogP contribution in [0.2, 0.25) is 0 Å². The molecule has 2 saturated heterocycles. The molecule has 0 radical (unpaired) electrons. The van der Waals surface area contributed by atoms with Gasteiger partial charge in [-0.25, -0.2) is 0 Å². The lowest BCUT2D eigenvalue weighted by molar-refractivity contribution is -0.366. The minimum absolute atomic E-state index is 0.0379. The second-order valence-corrected chi connectivity index (χ2v) is 12.8. The van der Waals surface area contributed by atoms with Gasteiger partial charge < -0.3 is 99.8 Å². The average molecular weight is 806 g/mol. The summed E-state index contributed by atoms with van der Waals surface area (Å²) in [5, 5.41) is 101. The molecule has 322 valence electrons. The highest BCUT2D eigenvalue weighted by atomic mass is 16.8. The van der Waals surface area contributed by atoms with Gasteiger partial charge >= 0.3 is 0 Å². The first-order chi connectivity index (χ1) is 26.2. The molecule has 0 aliphatic carbocycles. The fraction of sp³-hybridized carbons (Fsp3) is 0.906. The Balaban J connectivity index is 2.03. The maximum Gasteiger partial charge on any atom is 0.246 e. The van der Waals surface area contributed by atoms with E-state index < -0.39 is 118 Å². The summed E-state index contributed by atoms with van der Waals surface area (Å²) >= 11 is 0. The Morgan fingerprint density at radius 3 is 2.07 bits per heavy atom. The molecule has 2 aliphatic rings. The van der Waals surface area contributed by atoms with Crippen molar-refractivity contribution in [1.29, 1.82) is 0 Å². The van der Waals surface area contributed by atoms with Gasteiger partial charge in [-0.2, -0.15) is 0 Å². The van der Waals surface area contributed by atoms with Gasteiger partial charge in [0.25, 0.3) is 0 Å². The molecule has 2 rings (SSSR count). The molecule has 0 bridgehead atoms. The monoisotopic (exact) mass is 805 g/mol. The molecule has 14 atom stereocenters. The average Bonchev–Trinajstić information content (AvgIpc) is 3.15. The Morgan fingerprint density at radius 1 is 0.800 bits per heavy atom. The molecule has 0 aromatic rings. The van der Waals surface area contributed by atoms with E-state index in [0.29, 0.717) is 0 Å². The third-order valence-corrected chi connectivity index (χ3v) is 8.40.